The summed E-state index contributed by atoms with van der Waals surface area (Å²) in [6, 6.07) is 6.81. The number of aromatic nitrogens is 2. The van der Waals surface area contributed by atoms with E-state index in [0.29, 0.717) is 18.4 Å². The van der Waals surface area contributed by atoms with Gasteiger partial charge in [-0.3, -0.25) is 24.7 Å². The molecule has 1 aliphatic rings. The van der Waals surface area contributed by atoms with Crippen LogP contribution in [0.15, 0.2) is 48.9 Å². The monoisotopic (exact) mass is 594 g/mol. The Hall–Kier alpha value is -4.25. The molecule has 3 heterocycles. The van der Waals surface area contributed by atoms with Crippen molar-refractivity contribution in [2.24, 2.45) is 5.92 Å². The minimum absolute atomic E-state index is 0.205. The van der Waals surface area contributed by atoms with Crippen LogP contribution in [0, 0.1) is 5.92 Å². The Balaban J connectivity index is 1.46. The molecule has 0 radical (unpaired) electrons. The molecule has 3 atom stereocenters. The average Bonchev–Trinajstić information content (AvgIpc) is 3.65. The molecule has 1 aromatic carbocycles. The molecular weight excluding hydrogens is 550 g/mol. The molecule has 0 bridgehead atoms. The fourth-order valence-electron chi connectivity index (χ4n) is 5.34. The van der Waals surface area contributed by atoms with E-state index in [4.69, 9.17) is 8.85 Å². The van der Waals surface area contributed by atoms with Gasteiger partial charge >= 0.3 is 11.9 Å². The number of pyridine rings is 1. The van der Waals surface area contributed by atoms with Crippen LogP contribution in [0.4, 0.5) is 0 Å². The number of rotatable bonds is 10. The number of ether oxygens (including phenoxy) is 1. The van der Waals surface area contributed by atoms with Gasteiger partial charge in [-0.2, -0.15) is 0 Å². The van der Waals surface area contributed by atoms with Crippen LogP contribution >= 0.6 is 0 Å². The molecule has 1 aliphatic heterocycles. The number of carbonyl (C=O) groups excluding carboxylic acids is 3. The number of nitrogens with one attached hydrogen (secondary N) is 2. The van der Waals surface area contributed by atoms with Crippen molar-refractivity contribution in [1.29, 1.82) is 0 Å². The van der Waals surface area contributed by atoms with E-state index < -0.39 is 42.4 Å². The third kappa shape index (κ3) is 7.40. The number of carbonyl (C=O) groups is 4. The number of nitrogens with zero attached hydrogens (tertiary/aromatic N) is 3. The first-order chi connectivity index (χ1) is 21.5. The molecule has 2 aromatic heterocycles. The Labute approximate surface area is 255 Å². The zero-order valence-corrected chi connectivity index (χ0v) is 25.1. The van der Waals surface area contributed by atoms with Gasteiger partial charge in [0.2, 0.25) is 11.8 Å². The molecule has 3 aromatic rings. The summed E-state index contributed by atoms with van der Waals surface area (Å²) in [5.74, 6) is -2.79. The summed E-state index contributed by atoms with van der Waals surface area (Å²) in [6.45, 7) is 5.41. The van der Waals surface area contributed by atoms with Crippen molar-refractivity contribution in [3.63, 3.8) is 0 Å². The van der Waals surface area contributed by atoms with Crippen molar-refractivity contribution in [2.45, 2.75) is 78.0 Å². The van der Waals surface area contributed by atoms with Crippen LogP contribution in [0.1, 0.15) is 80.4 Å². The van der Waals surface area contributed by atoms with Crippen molar-refractivity contribution in [1.82, 2.24) is 25.1 Å². The molecular formula is C32H41N5O6. The number of esters is 1. The second kappa shape index (κ2) is 12.9. The number of hydrogen-bond donors (Lipinski definition) is 3. The van der Waals surface area contributed by atoms with Gasteiger partial charge in [0.15, 0.2) is 0 Å². The number of aromatic carboxylic acids is 1. The van der Waals surface area contributed by atoms with E-state index in [2.05, 4.69) is 15.6 Å². The molecule has 0 spiro atoms. The van der Waals surface area contributed by atoms with E-state index in [9.17, 15) is 24.3 Å². The van der Waals surface area contributed by atoms with Crippen LogP contribution in [0.25, 0.3) is 16.6 Å². The fourth-order valence-corrected chi connectivity index (χ4v) is 5.34. The summed E-state index contributed by atoms with van der Waals surface area (Å²) >= 11 is 0. The Bertz CT molecular complexity index is 1620. The fraction of sp³-hybridized carbons (Fsp3) is 0.469. The Morgan fingerprint density at radius 2 is 1.95 bits per heavy atom. The van der Waals surface area contributed by atoms with E-state index in [1.807, 2.05) is 30.5 Å². The van der Waals surface area contributed by atoms with Crippen LogP contribution < -0.4 is 10.6 Å². The highest BCUT2D eigenvalue weighted by atomic mass is 16.6. The Morgan fingerprint density at radius 3 is 2.65 bits per heavy atom. The minimum atomic E-state index is -2.51. The first kappa shape index (κ1) is 27.6. The van der Waals surface area contributed by atoms with Crippen molar-refractivity contribution in [3.8, 4) is 5.69 Å². The molecule has 1 fully saturated rings. The standard InChI is InChI=1S/C32H41N5O6/c1-19(2)28(35-29(39)20(3)34-18-27(38)43-32(4,5)6)30(40)37-13-8-11-25(37)21-15-22(17-33-16-21)36-14-12-23-24(31(41)42)9-7-10-26(23)36/h7,9-10,12,14-17,19-20,25,28,34H,8,11,13,18H2,1-6H3,(H,35,39)(H,41,42)/t20-,25-,28-/m0/s1/i4D3. The van der Waals surface area contributed by atoms with Crippen molar-refractivity contribution in [3.05, 3.63) is 60.0 Å². The lowest BCUT2D eigenvalue weighted by Gasteiger charge is -2.32. The van der Waals surface area contributed by atoms with Crippen LogP contribution in [0.3, 0.4) is 0 Å². The second-order valence-corrected chi connectivity index (χ2v) is 11.7. The summed E-state index contributed by atoms with van der Waals surface area (Å²) in [7, 11) is 0. The van der Waals surface area contributed by atoms with E-state index in [0.717, 1.165) is 23.2 Å². The molecule has 11 heteroatoms. The third-order valence-electron chi connectivity index (χ3n) is 7.45. The molecule has 230 valence electrons. The Morgan fingerprint density at radius 1 is 1.19 bits per heavy atom. The van der Waals surface area contributed by atoms with Crippen molar-refractivity contribution < 1.29 is 33.1 Å². The number of carboxylic acid groups (broad SMARTS) is 1. The minimum Gasteiger partial charge on any atom is -0.478 e. The molecule has 43 heavy (non-hydrogen) atoms. The Kier molecular flexibility index (Phi) is 8.30. The lowest BCUT2D eigenvalue weighted by atomic mass is 10.00. The molecule has 3 N–H and O–H groups in total. The number of likely N-dealkylation sites (tertiary alicyclic amines) is 1. The smallest absolute Gasteiger partial charge is 0.336 e. The molecule has 0 aliphatic carbocycles. The first-order valence-corrected chi connectivity index (χ1v) is 14.4. The van der Waals surface area contributed by atoms with E-state index in [1.165, 1.54) is 13.8 Å². The summed E-state index contributed by atoms with van der Waals surface area (Å²) in [5, 5.41) is 15.8. The lowest BCUT2D eigenvalue weighted by molar-refractivity contribution is -0.153. The SMILES string of the molecule is [2H]C([2H])([2H])C(C)(C)OC(=O)CN[C@@H](C)C(=O)N[C@H](C(=O)N1CCC[C@H]1c1cncc(-n2ccc3c(C(=O)O)cccc32)c1)C(C)C. The van der Waals surface area contributed by atoms with Gasteiger partial charge in [0.05, 0.1) is 41.6 Å². The van der Waals surface area contributed by atoms with Gasteiger partial charge < -0.3 is 24.6 Å². The van der Waals surface area contributed by atoms with Gasteiger partial charge in [-0.1, -0.05) is 19.9 Å². The molecule has 4 rings (SSSR count). The summed E-state index contributed by atoms with van der Waals surface area (Å²) < 4.78 is 29.5. The molecule has 0 saturated carbocycles. The van der Waals surface area contributed by atoms with Crippen LogP contribution in [0.5, 0.6) is 0 Å². The number of benzene rings is 1. The predicted molar refractivity (Wildman–Crippen MR) is 162 cm³/mol. The first-order valence-electron chi connectivity index (χ1n) is 15.9. The maximum absolute atomic E-state index is 13.9. The number of amides is 2. The highest BCUT2D eigenvalue weighted by Crippen LogP contribution is 2.34. The average molecular weight is 595 g/mol. The van der Waals surface area contributed by atoms with E-state index >= 15 is 0 Å². The predicted octanol–water partition coefficient (Wildman–Crippen LogP) is 3.85. The summed E-state index contributed by atoms with van der Waals surface area (Å²) in [6.07, 6.45) is 6.67. The summed E-state index contributed by atoms with van der Waals surface area (Å²) in [5.41, 5.74) is 0.785. The maximum Gasteiger partial charge on any atom is 0.336 e. The lowest BCUT2D eigenvalue weighted by Crippen LogP contribution is -2.55. The van der Waals surface area contributed by atoms with Crippen molar-refractivity contribution >= 4 is 34.7 Å². The molecule has 2 amide bonds. The van der Waals surface area contributed by atoms with Gasteiger partial charge in [-0.25, -0.2) is 4.79 Å². The van der Waals surface area contributed by atoms with Gasteiger partial charge in [-0.15, -0.1) is 0 Å². The largest absolute Gasteiger partial charge is 0.478 e. The van der Waals surface area contributed by atoms with Gasteiger partial charge in [-0.05, 0) is 76.2 Å². The molecule has 11 nitrogen and oxygen atoms in total. The zero-order chi connectivity index (χ0) is 34.0. The molecule has 1 saturated heterocycles. The van der Waals surface area contributed by atoms with Gasteiger partial charge in [0.1, 0.15) is 11.6 Å². The summed E-state index contributed by atoms with van der Waals surface area (Å²) in [4.78, 5) is 57.2. The highest BCUT2D eigenvalue weighted by Gasteiger charge is 2.37. The van der Waals surface area contributed by atoms with Gasteiger partial charge in [0.25, 0.3) is 0 Å². The van der Waals surface area contributed by atoms with Gasteiger partial charge in [0, 0.05) is 28.4 Å². The quantitative estimate of drug-likeness (QED) is 0.301. The second-order valence-electron chi connectivity index (χ2n) is 11.7. The highest BCUT2D eigenvalue weighted by molar-refractivity contribution is 6.03. The number of fused-ring (bicyclic) bond motifs is 1. The van der Waals surface area contributed by atoms with E-state index in [-0.39, 0.29) is 30.0 Å². The van der Waals surface area contributed by atoms with Crippen LogP contribution in [-0.2, 0) is 19.1 Å². The van der Waals surface area contributed by atoms with E-state index in [1.54, 1.807) is 48.6 Å². The topological polar surface area (TPSA) is 143 Å². The number of carboxylic acids is 1. The van der Waals surface area contributed by atoms with Crippen LogP contribution in [-0.4, -0.2) is 74.1 Å². The van der Waals surface area contributed by atoms with Crippen molar-refractivity contribution in [2.75, 3.05) is 13.1 Å². The third-order valence-corrected chi connectivity index (χ3v) is 7.45. The zero-order valence-electron chi connectivity index (χ0n) is 28.1. The van der Waals surface area contributed by atoms with Crippen LogP contribution in [0.2, 0.25) is 0 Å². The normalized spacial score (nSPS) is 18.0. The number of hydrogen-bond acceptors (Lipinski definition) is 7. The maximum atomic E-state index is 13.9. The molecule has 0 unspecified atom stereocenters.